The van der Waals surface area contributed by atoms with Crippen molar-refractivity contribution in [3.8, 4) is 0 Å². The molecule has 5 nitrogen and oxygen atoms in total. The minimum absolute atomic E-state index is 0.0242. The fourth-order valence-electron chi connectivity index (χ4n) is 1.68. The van der Waals surface area contributed by atoms with Gasteiger partial charge in [-0.2, -0.15) is 0 Å². The van der Waals surface area contributed by atoms with Gasteiger partial charge in [0.2, 0.25) is 0 Å². The molecule has 0 amide bonds. The van der Waals surface area contributed by atoms with Crippen LogP contribution in [0.2, 0.25) is 0 Å². The maximum atomic E-state index is 11.5. The second-order valence-electron chi connectivity index (χ2n) is 3.92. The summed E-state index contributed by atoms with van der Waals surface area (Å²) in [7, 11) is 2.91. The number of rotatable bonds is 3. The Labute approximate surface area is 90.1 Å². The van der Waals surface area contributed by atoms with Gasteiger partial charge in [0.05, 0.1) is 7.11 Å². The standard InChI is InChI=1S/C10H19NO4/c1-6(2)8-9(10(12)14-4)15-7(13-3)5-11-8/h6-9,11H,5H2,1-4H3/t7-,8-,9+/m0/s1. The first kappa shape index (κ1) is 12.4. The number of carbonyl (C=O) groups excluding carboxylic acids is 1. The van der Waals surface area contributed by atoms with Crippen molar-refractivity contribution in [3.63, 3.8) is 0 Å². The molecule has 1 rings (SSSR count). The van der Waals surface area contributed by atoms with Gasteiger partial charge in [0.25, 0.3) is 0 Å². The topological polar surface area (TPSA) is 56.8 Å². The zero-order chi connectivity index (χ0) is 11.4. The molecular formula is C10H19NO4. The first-order chi connectivity index (χ1) is 7.10. The van der Waals surface area contributed by atoms with Gasteiger partial charge in [-0.05, 0) is 5.92 Å². The molecule has 5 heteroatoms. The van der Waals surface area contributed by atoms with E-state index in [1.165, 1.54) is 7.11 Å². The summed E-state index contributed by atoms with van der Waals surface area (Å²) < 4.78 is 15.3. The largest absolute Gasteiger partial charge is 0.467 e. The fraction of sp³-hybridized carbons (Fsp3) is 0.900. The average molecular weight is 217 g/mol. The molecule has 0 aliphatic carbocycles. The minimum atomic E-state index is -0.589. The predicted molar refractivity (Wildman–Crippen MR) is 54.3 cm³/mol. The summed E-state index contributed by atoms with van der Waals surface area (Å²) in [4.78, 5) is 11.5. The summed E-state index contributed by atoms with van der Waals surface area (Å²) in [5.41, 5.74) is 0. The molecule has 3 atom stereocenters. The molecule has 1 saturated heterocycles. The van der Waals surface area contributed by atoms with Crippen molar-refractivity contribution in [2.75, 3.05) is 20.8 Å². The zero-order valence-electron chi connectivity index (χ0n) is 9.65. The van der Waals surface area contributed by atoms with Crippen molar-refractivity contribution in [3.05, 3.63) is 0 Å². The van der Waals surface area contributed by atoms with Gasteiger partial charge in [-0.1, -0.05) is 13.8 Å². The van der Waals surface area contributed by atoms with Crippen LogP contribution in [0.1, 0.15) is 13.8 Å². The molecule has 0 unspecified atom stereocenters. The summed E-state index contributed by atoms with van der Waals surface area (Å²) in [5.74, 6) is -0.0603. The second kappa shape index (κ2) is 5.44. The van der Waals surface area contributed by atoms with Crippen LogP contribution in [0.5, 0.6) is 0 Å². The monoisotopic (exact) mass is 217 g/mol. The number of ether oxygens (including phenoxy) is 3. The first-order valence-electron chi connectivity index (χ1n) is 5.09. The highest BCUT2D eigenvalue weighted by Crippen LogP contribution is 2.17. The van der Waals surface area contributed by atoms with Crippen molar-refractivity contribution in [2.24, 2.45) is 5.92 Å². The normalized spacial score (nSPS) is 31.7. The maximum Gasteiger partial charge on any atom is 0.336 e. The molecule has 0 saturated carbocycles. The van der Waals surface area contributed by atoms with Crippen LogP contribution < -0.4 is 5.32 Å². The Bertz CT molecular complexity index is 219. The molecule has 0 aromatic rings. The third-order valence-corrected chi connectivity index (χ3v) is 2.56. The van der Waals surface area contributed by atoms with Crippen LogP contribution in [-0.4, -0.2) is 45.2 Å². The molecule has 15 heavy (non-hydrogen) atoms. The number of esters is 1. The van der Waals surface area contributed by atoms with Crippen molar-refractivity contribution < 1.29 is 19.0 Å². The van der Waals surface area contributed by atoms with Crippen LogP contribution in [0.15, 0.2) is 0 Å². The number of hydrogen-bond donors (Lipinski definition) is 1. The van der Waals surface area contributed by atoms with Gasteiger partial charge in [-0.3, -0.25) is 0 Å². The van der Waals surface area contributed by atoms with Gasteiger partial charge in [0.1, 0.15) is 0 Å². The lowest BCUT2D eigenvalue weighted by atomic mass is 9.97. The molecule has 1 N–H and O–H groups in total. The Morgan fingerprint density at radius 2 is 2.13 bits per heavy atom. The van der Waals surface area contributed by atoms with Gasteiger partial charge < -0.3 is 19.5 Å². The minimum Gasteiger partial charge on any atom is -0.467 e. The average Bonchev–Trinajstić information content (AvgIpc) is 2.26. The van der Waals surface area contributed by atoms with E-state index in [2.05, 4.69) is 5.32 Å². The van der Waals surface area contributed by atoms with E-state index in [1.54, 1.807) is 7.11 Å². The first-order valence-corrected chi connectivity index (χ1v) is 5.09. The van der Waals surface area contributed by atoms with E-state index in [0.29, 0.717) is 12.5 Å². The number of methoxy groups -OCH3 is 2. The highest BCUT2D eigenvalue weighted by Gasteiger charge is 2.38. The van der Waals surface area contributed by atoms with Gasteiger partial charge in [-0.15, -0.1) is 0 Å². The van der Waals surface area contributed by atoms with E-state index in [1.807, 2.05) is 13.8 Å². The second-order valence-corrected chi connectivity index (χ2v) is 3.92. The van der Waals surface area contributed by atoms with Crippen LogP contribution >= 0.6 is 0 Å². The van der Waals surface area contributed by atoms with Gasteiger partial charge in [0, 0.05) is 19.7 Å². The molecule has 0 bridgehead atoms. The number of nitrogens with one attached hydrogen (secondary N) is 1. The van der Waals surface area contributed by atoms with Gasteiger partial charge in [0.15, 0.2) is 12.4 Å². The van der Waals surface area contributed by atoms with E-state index >= 15 is 0 Å². The summed E-state index contributed by atoms with van der Waals surface area (Å²) in [6.07, 6.45) is -0.974. The Balaban J connectivity index is 2.68. The molecule has 1 aliphatic heterocycles. The van der Waals surface area contributed by atoms with Gasteiger partial charge in [-0.25, -0.2) is 4.79 Å². The molecule has 1 fully saturated rings. The molecule has 88 valence electrons. The zero-order valence-corrected chi connectivity index (χ0v) is 9.65. The third kappa shape index (κ3) is 2.90. The van der Waals surface area contributed by atoms with Crippen LogP contribution in [0.3, 0.4) is 0 Å². The smallest absolute Gasteiger partial charge is 0.336 e. The lowest BCUT2D eigenvalue weighted by Crippen LogP contribution is -2.58. The molecule has 1 heterocycles. The summed E-state index contributed by atoms with van der Waals surface area (Å²) in [5, 5.41) is 3.23. The summed E-state index contributed by atoms with van der Waals surface area (Å²) in [6.45, 7) is 4.65. The van der Waals surface area contributed by atoms with Crippen LogP contribution in [-0.2, 0) is 19.0 Å². The number of hydrogen-bond acceptors (Lipinski definition) is 5. The highest BCUT2D eigenvalue weighted by atomic mass is 16.7. The molecule has 0 radical (unpaired) electrons. The Hall–Kier alpha value is -0.650. The molecule has 0 spiro atoms. The summed E-state index contributed by atoms with van der Waals surface area (Å²) in [6, 6.07) is -0.0242. The molecule has 1 aliphatic rings. The quantitative estimate of drug-likeness (QED) is 0.682. The van der Waals surface area contributed by atoms with E-state index in [4.69, 9.17) is 14.2 Å². The highest BCUT2D eigenvalue weighted by molar-refractivity contribution is 5.75. The van der Waals surface area contributed by atoms with Gasteiger partial charge >= 0.3 is 5.97 Å². The summed E-state index contributed by atoms with van der Waals surface area (Å²) >= 11 is 0. The lowest BCUT2D eigenvalue weighted by molar-refractivity contribution is -0.204. The van der Waals surface area contributed by atoms with E-state index < -0.39 is 6.10 Å². The van der Waals surface area contributed by atoms with Crippen LogP contribution in [0.25, 0.3) is 0 Å². The third-order valence-electron chi connectivity index (χ3n) is 2.56. The van der Waals surface area contributed by atoms with Crippen molar-refractivity contribution >= 4 is 5.97 Å². The van der Waals surface area contributed by atoms with Crippen LogP contribution in [0, 0.1) is 5.92 Å². The number of morpholine rings is 1. The van der Waals surface area contributed by atoms with Crippen LogP contribution in [0.4, 0.5) is 0 Å². The van der Waals surface area contributed by atoms with Crippen molar-refractivity contribution in [1.82, 2.24) is 5.32 Å². The van der Waals surface area contributed by atoms with E-state index in [0.717, 1.165) is 0 Å². The Kier molecular flexibility index (Phi) is 4.50. The van der Waals surface area contributed by atoms with E-state index in [9.17, 15) is 4.79 Å². The van der Waals surface area contributed by atoms with Crippen molar-refractivity contribution in [2.45, 2.75) is 32.3 Å². The SMILES string of the molecule is COC(=O)[C@@H]1O[C@H](OC)CN[C@H]1C(C)C. The predicted octanol–water partition coefficient (Wildman–Crippen LogP) is 0.145. The molecular weight excluding hydrogens is 198 g/mol. The number of carbonyl (C=O) groups is 1. The van der Waals surface area contributed by atoms with E-state index in [-0.39, 0.29) is 18.3 Å². The Morgan fingerprint density at radius 3 is 2.60 bits per heavy atom. The molecule has 0 aromatic heterocycles. The maximum absolute atomic E-state index is 11.5. The molecule has 0 aromatic carbocycles. The Morgan fingerprint density at radius 1 is 1.47 bits per heavy atom. The lowest BCUT2D eigenvalue weighted by Gasteiger charge is -2.37. The van der Waals surface area contributed by atoms with Crippen molar-refractivity contribution in [1.29, 1.82) is 0 Å². The fourth-order valence-corrected chi connectivity index (χ4v) is 1.68.